The second kappa shape index (κ2) is 12.8. The van der Waals surface area contributed by atoms with Crippen molar-refractivity contribution in [2.45, 2.75) is 23.8 Å². The molecule has 1 heterocycles. The molecule has 1 atom stereocenters. The molecule has 3 aromatic rings. The van der Waals surface area contributed by atoms with E-state index in [0.29, 0.717) is 23.2 Å². The van der Waals surface area contributed by atoms with Crippen molar-refractivity contribution in [3.05, 3.63) is 78.1 Å². The predicted octanol–water partition coefficient (Wildman–Crippen LogP) is 3.59. The van der Waals surface area contributed by atoms with Crippen LogP contribution in [0.5, 0.6) is 11.5 Å². The number of ether oxygens (including phenoxy) is 3. The smallest absolute Gasteiger partial charge is 0.265 e. The predicted molar refractivity (Wildman–Crippen MR) is 147 cm³/mol. The van der Waals surface area contributed by atoms with E-state index >= 15 is 0 Å². The fourth-order valence-corrected chi connectivity index (χ4v) is 5.72. The van der Waals surface area contributed by atoms with Crippen LogP contribution in [0.1, 0.15) is 23.2 Å². The second-order valence-corrected chi connectivity index (χ2v) is 10.8. The summed E-state index contributed by atoms with van der Waals surface area (Å²) in [7, 11) is -1.71. The first-order valence-electron chi connectivity index (χ1n) is 12.5. The summed E-state index contributed by atoms with van der Waals surface area (Å²) in [5.41, 5.74) is 0.0402. The third kappa shape index (κ3) is 6.52. The summed E-state index contributed by atoms with van der Waals surface area (Å²) in [5.74, 6) is -1.61. The minimum absolute atomic E-state index is 0.0678. The zero-order chi connectivity index (χ0) is 28.7. The van der Waals surface area contributed by atoms with Crippen LogP contribution in [0.4, 0.5) is 15.8 Å². The minimum Gasteiger partial charge on any atom is -0.493 e. The van der Waals surface area contributed by atoms with Gasteiger partial charge in [-0.25, -0.2) is 12.8 Å². The standard InChI is InChI=1S/C28H30FN3O7S/c1-37-25-14-13-20(16-26(25)38-2)40(35,36)32(24-12-6-4-10-22(24)29)18-27(33)31-23-11-5-3-9-21(23)28(34)30-17-19-8-7-15-39-19/h3-6,9-14,16,19H,7-8,15,17-18H2,1-2H3,(H,30,34)(H,31,33). The number of carbonyl (C=O) groups excluding carboxylic acids is 2. The number of halogens is 1. The first kappa shape index (κ1) is 28.8. The van der Waals surface area contributed by atoms with Crippen molar-refractivity contribution in [1.82, 2.24) is 5.32 Å². The fourth-order valence-electron chi connectivity index (χ4n) is 4.28. The maximum absolute atomic E-state index is 14.9. The molecule has 12 heteroatoms. The van der Waals surface area contributed by atoms with E-state index in [4.69, 9.17) is 14.2 Å². The zero-order valence-electron chi connectivity index (χ0n) is 22.1. The van der Waals surface area contributed by atoms with Gasteiger partial charge in [-0.3, -0.25) is 13.9 Å². The van der Waals surface area contributed by atoms with Gasteiger partial charge in [-0.05, 0) is 49.2 Å². The number of rotatable bonds is 11. The number of hydrogen-bond acceptors (Lipinski definition) is 7. The van der Waals surface area contributed by atoms with E-state index in [2.05, 4.69) is 10.6 Å². The number of nitrogens with one attached hydrogen (secondary N) is 2. The van der Waals surface area contributed by atoms with Crippen molar-refractivity contribution in [1.29, 1.82) is 0 Å². The van der Waals surface area contributed by atoms with Crippen molar-refractivity contribution in [3.8, 4) is 11.5 Å². The van der Waals surface area contributed by atoms with Gasteiger partial charge in [-0.15, -0.1) is 0 Å². The Morgan fingerprint density at radius 1 is 1.02 bits per heavy atom. The van der Waals surface area contributed by atoms with Crippen molar-refractivity contribution in [2.24, 2.45) is 0 Å². The Morgan fingerprint density at radius 2 is 1.75 bits per heavy atom. The molecule has 212 valence electrons. The lowest BCUT2D eigenvalue weighted by Gasteiger charge is -2.25. The summed E-state index contributed by atoms with van der Waals surface area (Å²) >= 11 is 0. The monoisotopic (exact) mass is 571 g/mol. The van der Waals surface area contributed by atoms with Gasteiger partial charge < -0.3 is 24.8 Å². The molecular weight excluding hydrogens is 541 g/mol. The number of anilines is 2. The van der Waals surface area contributed by atoms with Crippen LogP contribution in [0, 0.1) is 5.82 Å². The third-order valence-electron chi connectivity index (χ3n) is 6.31. The normalized spacial score (nSPS) is 14.8. The van der Waals surface area contributed by atoms with E-state index in [1.165, 1.54) is 62.8 Å². The molecule has 4 rings (SSSR count). The minimum atomic E-state index is -4.46. The molecule has 10 nitrogen and oxygen atoms in total. The number of nitrogens with zero attached hydrogens (tertiary/aromatic N) is 1. The number of sulfonamides is 1. The summed E-state index contributed by atoms with van der Waals surface area (Å²) in [6.45, 7) is 0.202. The molecule has 0 saturated carbocycles. The summed E-state index contributed by atoms with van der Waals surface area (Å²) in [6, 6.07) is 15.5. The van der Waals surface area contributed by atoms with Gasteiger partial charge in [0.15, 0.2) is 11.5 Å². The molecule has 0 radical (unpaired) electrons. The number of para-hydroxylation sites is 2. The Labute approximate surface area is 232 Å². The first-order valence-corrected chi connectivity index (χ1v) is 14.0. The van der Waals surface area contributed by atoms with Gasteiger partial charge in [-0.1, -0.05) is 24.3 Å². The van der Waals surface area contributed by atoms with Gasteiger partial charge in [0, 0.05) is 19.2 Å². The van der Waals surface area contributed by atoms with Gasteiger partial charge in [0.2, 0.25) is 5.91 Å². The largest absolute Gasteiger partial charge is 0.493 e. The highest BCUT2D eigenvalue weighted by molar-refractivity contribution is 7.92. The SMILES string of the molecule is COc1ccc(S(=O)(=O)N(CC(=O)Nc2ccccc2C(=O)NCC2CCCO2)c2ccccc2F)cc1OC. The highest BCUT2D eigenvalue weighted by atomic mass is 32.2. The molecule has 2 N–H and O–H groups in total. The Morgan fingerprint density at radius 3 is 2.45 bits per heavy atom. The molecule has 1 saturated heterocycles. The van der Waals surface area contributed by atoms with Crippen LogP contribution >= 0.6 is 0 Å². The van der Waals surface area contributed by atoms with E-state index in [0.717, 1.165) is 18.9 Å². The molecule has 1 aliphatic rings. The third-order valence-corrected chi connectivity index (χ3v) is 8.07. The molecular formula is C28H30FN3O7S. The van der Waals surface area contributed by atoms with Crippen molar-refractivity contribution >= 4 is 33.2 Å². The zero-order valence-corrected chi connectivity index (χ0v) is 22.9. The van der Waals surface area contributed by atoms with Crippen LogP contribution < -0.4 is 24.4 Å². The summed E-state index contributed by atoms with van der Waals surface area (Å²) < 4.78 is 58.9. The molecule has 0 spiro atoms. The molecule has 3 aromatic carbocycles. The van der Waals surface area contributed by atoms with Gasteiger partial charge in [0.25, 0.3) is 15.9 Å². The van der Waals surface area contributed by atoms with Gasteiger partial charge in [0.1, 0.15) is 12.4 Å². The highest BCUT2D eigenvalue weighted by Gasteiger charge is 2.30. The molecule has 1 aliphatic heterocycles. The number of methoxy groups -OCH3 is 2. The van der Waals surface area contributed by atoms with E-state index in [1.807, 2.05) is 0 Å². The Balaban J connectivity index is 1.60. The molecule has 40 heavy (non-hydrogen) atoms. The van der Waals surface area contributed by atoms with Crippen LogP contribution in [0.15, 0.2) is 71.6 Å². The van der Waals surface area contributed by atoms with E-state index in [9.17, 15) is 22.4 Å². The molecule has 0 aromatic heterocycles. The lowest BCUT2D eigenvalue weighted by Crippen LogP contribution is -2.39. The molecule has 1 unspecified atom stereocenters. The van der Waals surface area contributed by atoms with Crippen LogP contribution in [0.2, 0.25) is 0 Å². The maximum atomic E-state index is 14.9. The van der Waals surface area contributed by atoms with Crippen LogP contribution in [0.25, 0.3) is 0 Å². The van der Waals surface area contributed by atoms with Crippen molar-refractivity contribution in [3.63, 3.8) is 0 Å². The first-order chi connectivity index (χ1) is 19.2. The quantitative estimate of drug-likeness (QED) is 0.361. The van der Waals surface area contributed by atoms with Crippen LogP contribution in [-0.4, -0.2) is 60.3 Å². The van der Waals surface area contributed by atoms with Gasteiger partial charge >= 0.3 is 0 Å². The van der Waals surface area contributed by atoms with Gasteiger partial charge in [0.05, 0.1) is 42.2 Å². The molecule has 0 aliphatic carbocycles. The fraction of sp³-hybridized carbons (Fsp3) is 0.286. The Kier molecular flexibility index (Phi) is 9.22. The average molecular weight is 572 g/mol. The lowest BCUT2D eigenvalue weighted by molar-refractivity contribution is -0.114. The lowest BCUT2D eigenvalue weighted by atomic mass is 10.1. The average Bonchev–Trinajstić information content (AvgIpc) is 3.49. The van der Waals surface area contributed by atoms with E-state index in [-0.39, 0.29) is 33.7 Å². The van der Waals surface area contributed by atoms with E-state index in [1.54, 1.807) is 12.1 Å². The summed E-state index contributed by atoms with van der Waals surface area (Å²) in [5, 5.41) is 5.40. The summed E-state index contributed by atoms with van der Waals surface area (Å²) in [6.07, 6.45) is 1.71. The van der Waals surface area contributed by atoms with Crippen LogP contribution in [0.3, 0.4) is 0 Å². The number of benzene rings is 3. The Bertz CT molecular complexity index is 1480. The number of amides is 2. The molecule has 2 amide bonds. The van der Waals surface area contributed by atoms with Crippen LogP contribution in [-0.2, 0) is 19.6 Å². The van der Waals surface area contributed by atoms with Crippen molar-refractivity contribution < 1.29 is 36.6 Å². The molecule has 1 fully saturated rings. The highest BCUT2D eigenvalue weighted by Crippen LogP contribution is 2.33. The maximum Gasteiger partial charge on any atom is 0.265 e. The topological polar surface area (TPSA) is 123 Å². The van der Waals surface area contributed by atoms with Crippen molar-refractivity contribution in [2.75, 3.05) is 43.5 Å². The summed E-state index contributed by atoms with van der Waals surface area (Å²) in [4.78, 5) is 25.8. The number of carbonyl (C=O) groups is 2. The Hall–Kier alpha value is -4.16. The second-order valence-electron chi connectivity index (χ2n) is 8.92. The van der Waals surface area contributed by atoms with E-state index < -0.39 is 34.2 Å². The van der Waals surface area contributed by atoms with Gasteiger partial charge in [-0.2, -0.15) is 0 Å². The number of hydrogen-bond donors (Lipinski definition) is 2. The molecule has 0 bridgehead atoms.